The van der Waals surface area contributed by atoms with Crippen LogP contribution in [0.1, 0.15) is 22.3 Å². The predicted octanol–water partition coefficient (Wildman–Crippen LogP) is 1.93. The van der Waals surface area contributed by atoms with Crippen molar-refractivity contribution in [3.05, 3.63) is 29.3 Å². The molecule has 0 aromatic heterocycles. The van der Waals surface area contributed by atoms with E-state index < -0.39 is 0 Å². The Bertz CT molecular complexity index is 454. The van der Waals surface area contributed by atoms with Crippen LogP contribution in [0.2, 0.25) is 0 Å². The van der Waals surface area contributed by atoms with Crippen LogP contribution in [-0.4, -0.2) is 18.1 Å². The SMILES string of the molecule is O=C1CCOc2ccc(C#CCS)cc21. The first-order valence-corrected chi connectivity index (χ1v) is 5.34. The highest BCUT2D eigenvalue weighted by atomic mass is 32.1. The third-order valence-electron chi connectivity index (χ3n) is 2.18. The van der Waals surface area contributed by atoms with Crippen LogP contribution in [0.15, 0.2) is 18.2 Å². The second-order valence-electron chi connectivity index (χ2n) is 3.19. The van der Waals surface area contributed by atoms with Crippen molar-refractivity contribution < 1.29 is 9.53 Å². The van der Waals surface area contributed by atoms with Gasteiger partial charge < -0.3 is 4.74 Å². The third kappa shape index (κ3) is 2.16. The van der Waals surface area contributed by atoms with Crippen molar-refractivity contribution in [1.82, 2.24) is 0 Å². The van der Waals surface area contributed by atoms with Gasteiger partial charge in [0, 0.05) is 12.0 Å². The summed E-state index contributed by atoms with van der Waals surface area (Å²) >= 11 is 4.00. The van der Waals surface area contributed by atoms with Crippen molar-refractivity contribution in [1.29, 1.82) is 0 Å². The molecule has 0 saturated carbocycles. The fraction of sp³-hybridized carbons (Fsp3) is 0.250. The van der Waals surface area contributed by atoms with Crippen LogP contribution in [0.4, 0.5) is 0 Å². The van der Waals surface area contributed by atoms with Gasteiger partial charge in [0.15, 0.2) is 5.78 Å². The zero-order valence-corrected chi connectivity index (χ0v) is 9.01. The fourth-order valence-corrected chi connectivity index (χ4v) is 1.56. The highest BCUT2D eigenvalue weighted by Crippen LogP contribution is 2.25. The monoisotopic (exact) mass is 218 g/mol. The molecule has 0 spiro atoms. The average molecular weight is 218 g/mol. The number of fused-ring (bicyclic) bond motifs is 1. The molecular formula is C12H10O2S. The van der Waals surface area contributed by atoms with Gasteiger partial charge in [0.2, 0.25) is 0 Å². The Hall–Kier alpha value is -1.40. The molecule has 0 unspecified atom stereocenters. The normalized spacial score (nSPS) is 13.5. The number of thiol groups is 1. The number of ketones is 1. The van der Waals surface area contributed by atoms with E-state index in [2.05, 4.69) is 24.5 Å². The molecule has 0 radical (unpaired) electrons. The molecule has 2 rings (SSSR count). The summed E-state index contributed by atoms with van der Waals surface area (Å²) in [4.78, 5) is 11.6. The van der Waals surface area contributed by atoms with E-state index in [0.717, 1.165) is 5.56 Å². The van der Waals surface area contributed by atoms with Gasteiger partial charge in [0.1, 0.15) is 5.75 Å². The molecule has 0 fully saturated rings. The van der Waals surface area contributed by atoms with E-state index >= 15 is 0 Å². The molecule has 1 aliphatic heterocycles. The fourth-order valence-electron chi connectivity index (χ4n) is 1.48. The van der Waals surface area contributed by atoms with Gasteiger partial charge in [-0.15, -0.1) is 0 Å². The van der Waals surface area contributed by atoms with Crippen LogP contribution < -0.4 is 4.74 Å². The Labute approximate surface area is 94.0 Å². The van der Waals surface area contributed by atoms with Crippen molar-refractivity contribution in [2.45, 2.75) is 6.42 Å². The van der Waals surface area contributed by atoms with Crippen LogP contribution in [0.25, 0.3) is 0 Å². The number of ether oxygens (including phenoxy) is 1. The van der Waals surface area contributed by atoms with E-state index in [4.69, 9.17) is 4.74 Å². The number of carbonyl (C=O) groups is 1. The summed E-state index contributed by atoms with van der Waals surface area (Å²) in [5, 5.41) is 0. The number of carbonyl (C=O) groups excluding carboxylic acids is 1. The van der Waals surface area contributed by atoms with Gasteiger partial charge in [-0.2, -0.15) is 12.6 Å². The lowest BCUT2D eigenvalue weighted by molar-refractivity contribution is 0.0933. The smallest absolute Gasteiger partial charge is 0.170 e. The molecule has 0 saturated heterocycles. The van der Waals surface area contributed by atoms with Crippen LogP contribution in [-0.2, 0) is 0 Å². The van der Waals surface area contributed by atoms with Crippen LogP contribution in [0.3, 0.4) is 0 Å². The van der Waals surface area contributed by atoms with Crippen molar-refractivity contribution in [2.75, 3.05) is 12.4 Å². The summed E-state index contributed by atoms with van der Waals surface area (Å²) in [6, 6.07) is 5.44. The zero-order chi connectivity index (χ0) is 10.7. The summed E-state index contributed by atoms with van der Waals surface area (Å²) in [6.07, 6.45) is 0.455. The molecule has 0 bridgehead atoms. The molecule has 0 N–H and O–H groups in total. The molecule has 0 atom stereocenters. The molecule has 15 heavy (non-hydrogen) atoms. The standard InChI is InChI=1S/C12H10O2S/c13-11-5-6-14-12-4-3-9(2-1-7-15)8-10(11)12/h3-4,8,15H,5-7H2. The van der Waals surface area contributed by atoms with E-state index in [1.807, 2.05) is 6.07 Å². The number of hydrogen-bond donors (Lipinski definition) is 1. The molecule has 0 aliphatic carbocycles. The summed E-state index contributed by atoms with van der Waals surface area (Å²) < 4.78 is 5.37. The highest BCUT2D eigenvalue weighted by Gasteiger charge is 2.17. The molecule has 1 aromatic rings. The summed E-state index contributed by atoms with van der Waals surface area (Å²) in [7, 11) is 0. The first kappa shape index (κ1) is 10.1. The van der Waals surface area contributed by atoms with Crippen molar-refractivity contribution in [2.24, 2.45) is 0 Å². The van der Waals surface area contributed by atoms with E-state index in [9.17, 15) is 4.79 Å². The number of rotatable bonds is 0. The molecule has 0 amide bonds. The van der Waals surface area contributed by atoms with Crippen molar-refractivity contribution >= 4 is 18.4 Å². The molecule has 1 heterocycles. The van der Waals surface area contributed by atoms with E-state index in [0.29, 0.717) is 30.1 Å². The Kier molecular flexibility index (Phi) is 2.98. The maximum absolute atomic E-state index is 11.6. The second kappa shape index (κ2) is 4.41. The lowest BCUT2D eigenvalue weighted by Gasteiger charge is -2.15. The maximum Gasteiger partial charge on any atom is 0.170 e. The van der Waals surface area contributed by atoms with E-state index in [1.54, 1.807) is 12.1 Å². The minimum atomic E-state index is 0.130. The topological polar surface area (TPSA) is 26.3 Å². The minimum absolute atomic E-state index is 0.130. The summed E-state index contributed by atoms with van der Waals surface area (Å²) in [6.45, 7) is 0.480. The highest BCUT2D eigenvalue weighted by molar-refractivity contribution is 7.80. The lowest BCUT2D eigenvalue weighted by atomic mass is 10.0. The molecule has 3 heteroatoms. The van der Waals surface area contributed by atoms with Crippen molar-refractivity contribution in [3.8, 4) is 17.6 Å². The zero-order valence-electron chi connectivity index (χ0n) is 8.12. The lowest BCUT2D eigenvalue weighted by Crippen LogP contribution is -2.15. The Morgan fingerprint density at radius 1 is 1.47 bits per heavy atom. The van der Waals surface area contributed by atoms with Crippen LogP contribution >= 0.6 is 12.6 Å². The van der Waals surface area contributed by atoms with Gasteiger partial charge >= 0.3 is 0 Å². The van der Waals surface area contributed by atoms with Crippen molar-refractivity contribution in [3.63, 3.8) is 0 Å². The summed E-state index contributed by atoms with van der Waals surface area (Å²) in [5.41, 5.74) is 1.48. The number of benzene rings is 1. The minimum Gasteiger partial charge on any atom is -0.492 e. The van der Waals surface area contributed by atoms with E-state index in [1.165, 1.54) is 0 Å². The van der Waals surface area contributed by atoms with Crippen LogP contribution in [0, 0.1) is 11.8 Å². The second-order valence-corrected chi connectivity index (χ2v) is 3.51. The first-order chi connectivity index (χ1) is 7.31. The molecule has 1 aromatic carbocycles. The Morgan fingerprint density at radius 2 is 2.33 bits per heavy atom. The summed E-state index contributed by atoms with van der Waals surface area (Å²) in [5.74, 6) is 7.09. The quantitative estimate of drug-likeness (QED) is 0.532. The average Bonchev–Trinajstić information content (AvgIpc) is 2.27. The van der Waals surface area contributed by atoms with Gasteiger partial charge in [0.05, 0.1) is 17.9 Å². The first-order valence-electron chi connectivity index (χ1n) is 4.71. The maximum atomic E-state index is 11.6. The van der Waals surface area contributed by atoms with E-state index in [-0.39, 0.29) is 5.78 Å². The number of Topliss-reactive ketones (excluding diaryl/α,β-unsaturated/α-hetero) is 1. The predicted molar refractivity (Wildman–Crippen MR) is 61.6 cm³/mol. The van der Waals surface area contributed by atoms with Gasteiger partial charge in [-0.25, -0.2) is 0 Å². The van der Waals surface area contributed by atoms with Gasteiger partial charge in [0.25, 0.3) is 0 Å². The van der Waals surface area contributed by atoms with Gasteiger partial charge in [-0.05, 0) is 18.2 Å². The number of hydrogen-bond acceptors (Lipinski definition) is 3. The molecular weight excluding hydrogens is 208 g/mol. The van der Waals surface area contributed by atoms with Crippen LogP contribution in [0.5, 0.6) is 5.75 Å². The van der Waals surface area contributed by atoms with Gasteiger partial charge in [-0.3, -0.25) is 4.79 Å². The molecule has 2 nitrogen and oxygen atoms in total. The Balaban J connectivity index is 2.39. The third-order valence-corrected chi connectivity index (χ3v) is 2.34. The molecule has 1 aliphatic rings. The van der Waals surface area contributed by atoms with Gasteiger partial charge in [-0.1, -0.05) is 11.8 Å². The largest absolute Gasteiger partial charge is 0.492 e. The Morgan fingerprint density at radius 3 is 3.13 bits per heavy atom. The molecule has 76 valence electrons.